The molecule has 0 heterocycles. The minimum Gasteiger partial charge on any atom is -0.0921 e. The van der Waals surface area contributed by atoms with Gasteiger partial charge in [0.1, 0.15) is 4.49 Å². The van der Waals surface area contributed by atoms with Crippen LogP contribution in [0.15, 0.2) is 10.6 Å². The lowest BCUT2D eigenvalue weighted by Gasteiger charge is -2.23. The zero-order valence-electron chi connectivity index (χ0n) is 4.72. The number of halogens is 7. The minimum atomic E-state index is -1.87. The average Bonchev–Trinajstić information content (AvgIpc) is 1.56. The Bertz CT molecular complexity index is 160. The first-order valence-corrected chi connectivity index (χ1v) is 4.80. The first kappa shape index (κ1) is 12.8. The summed E-state index contributed by atoms with van der Waals surface area (Å²) in [6.45, 7) is 0. The quantitative estimate of drug-likeness (QED) is 0.607. The summed E-state index contributed by atoms with van der Waals surface area (Å²) < 4.78 is -3.76. The fourth-order valence-electron chi connectivity index (χ4n) is 0.219. The molecule has 0 bridgehead atoms. The standard InChI is InChI=1S/C4HCl7/c5-2(6)1-3(7,8)4(9,10)11/h1H. The van der Waals surface area contributed by atoms with Gasteiger partial charge in [-0.05, 0) is 6.08 Å². The van der Waals surface area contributed by atoms with E-state index in [-0.39, 0.29) is 4.49 Å². The Morgan fingerprint density at radius 3 is 1.36 bits per heavy atom. The molecule has 0 radical (unpaired) electrons. The second-order valence-corrected chi connectivity index (χ2v) is 6.23. The smallest absolute Gasteiger partial charge is 0.0921 e. The molecule has 11 heavy (non-hydrogen) atoms. The predicted molar refractivity (Wildman–Crippen MR) is 54.5 cm³/mol. The Morgan fingerprint density at radius 2 is 1.27 bits per heavy atom. The van der Waals surface area contributed by atoms with Gasteiger partial charge in [-0.25, -0.2) is 0 Å². The van der Waals surface area contributed by atoms with Crippen molar-refractivity contribution in [2.24, 2.45) is 0 Å². The maximum Gasteiger partial charge on any atom is 0.226 e. The summed E-state index contributed by atoms with van der Waals surface area (Å²) >= 11 is 37.7. The summed E-state index contributed by atoms with van der Waals surface area (Å²) in [7, 11) is 0. The van der Waals surface area contributed by atoms with Gasteiger partial charge in [0.25, 0.3) is 0 Å². The SMILES string of the molecule is ClC(Cl)=CC(Cl)(Cl)C(Cl)(Cl)Cl. The lowest BCUT2D eigenvalue weighted by atomic mass is 10.4. The summed E-state index contributed by atoms with van der Waals surface area (Å²) in [5, 5.41) is 0. The van der Waals surface area contributed by atoms with Crippen molar-refractivity contribution in [1.29, 1.82) is 0 Å². The van der Waals surface area contributed by atoms with E-state index in [4.69, 9.17) is 81.2 Å². The minimum absolute atomic E-state index is 0.165. The number of hydrogen-bond acceptors (Lipinski definition) is 0. The topological polar surface area (TPSA) is 0 Å². The second-order valence-electron chi connectivity index (χ2n) is 1.55. The van der Waals surface area contributed by atoms with Gasteiger partial charge in [-0.2, -0.15) is 0 Å². The van der Waals surface area contributed by atoms with Crippen LogP contribution in [0.5, 0.6) is 0 Å². The van der Waals surface area contributed by atoms with Crippen molar-refractivity contribution in [3.8, 4) is 0 Å². The van der Waals surface area contributed by atoms with E-state index in [2.05, 4.69) is 0 Å². The lowest BCUT2D eigenvalue weighted by molar-refractivity contribution is 0.992. The molecular formula is C4HCl7. The van der Waals surface area contributed by atoms with Gasteiger partial charge in [0, 0.05) is 0 Å². The Labute approximate surface area is 99.3 Å². The molecule has 0 amide bonds. The molecule has 66 valence electrons. The van der Waals surface area contributed by atoms with Gasteiger partial charge < -0.3 is 0 Å². The van der Waals surface area contributed by atoms with Crippen molar-refractivity contribution in [2.45, 2.75) is 8.13 Å². The van der Waals surface area contributed by atoms with E-state index in [1.54, 1.807) is 0 Å². The van der Waals surface area contributed by atoms with Crippen molar-refractivity contribution in [2.75, 3.05) is 0 Å². The molecule has 0 aromatic rings. The molecule has 0 unspecified atom stereocenters. The third-order valence-corrected chi connectivity index (χ3v) is 3.15. The molecule has 0 aliphatic heterocycles. The largest absolute Gasteiger partial charge is 0.226 e. The highest BCUT2D eigenvalue weighted by Gasteiger charge is 2.44. The number of hydrogen-bond donors (Lipinski definition) is 0. The third-order valence-electron chi connectivity index (χ3n) is 0.668. The van der Waals surface area contributed by atoms with Crippen molar-refractivity contribution in [3.63, 3.8) is 0 Å². The van der Waals surface area contributed by atoms with E-state index in [1.165, 1.54) is 0 Å². The predicted octanol–water partition coefficient (Wildman–Crippen LogP) is 4.85. The fraction of sp³-hybridized carbons (Fsp3) is 0.500. The number of allylic oxidation sites excluding steroid dienone is 1. The molecule has 7 heteroatoms. The summed E-state index contributed by atoms with van der Waals surface area (Å²) in [6, 6.07) is 0. The van der Waals surface area contributed by atoms with E-state index in [0.717, 1.165) is 6.08 Å². The zero-order chi connectivity index (χ0) is 9.28. The molecule has 0 saturated carbocycles. The number of rotatable bonds is 1. The molecule has 0 spiro atoms. The zero-order valence-corrected chi connectivity index (χ0v) is 10.0. The van der Waals surface area contributed by atoms with E-state index in [1.807, 2.05) is 0 Å². The average molecular weight is 297 g/mol. The molecule has 0 fully saturated rings. The van der Waals surface area contributed by atoms with Gasteiger partial charge in [0.2, 0.25) is 3.79 Å². The molecule has 0 saturated heterocycles. The first-order valence-electron chi connectivity index (χ1n) is 2.15. The Hall–Kier alpha value is 1.77. The van der Waals surface area contributed by atoms with Crippen LogP contribution in [0.1, 0.15) is 0 Å². The normalized spacial score (nSPS) is 13.0. The van der Waals surface area contributed by atoms with Crippen molar-refractivity contribution < 1.29 is 0 Å². The molecule has 0 aliphatic carbocycles. The summed E-state index contributed by atoms with van der Waals surface area (Å²) in [4.78, 5) is 0. The molecule has 0 aromatic carbocycles. The lowest BCUT2D eigenvalue weighted by Crippen LogP contribution is -2.28. The Kier molecular flexibility index (Phi) is 5.02. The number of alkyl halides is 5. The van der Waals surface area contributed by atoms with Gasteiger partial charge in [-0.15, -0.1) is 0 Å². The highest BCUT2D eigenvalue weighted by Crippen LogP contribution is 2.47. The summed E-state index contributed by atoms with van der Waals surface area (Å²) in [6.07, 6.45) is 1.02. The highest BCUT2D eigenvalue weighted by molar-refractivity contribution is 6.76. The molecular weight excluding hydrogens is 296 g/mol. The fourth-order valence-corrected chi connectivity index (χ4v) is 1.15. The molecule has 0 aliphatic rings. The summed E-state index contributed by atoms with van der Waals surface area (Å²) in [5.41, 5.74) is 0. The van der Waals surface area contributed by atoms with E-state index >= 15 is 0 Å². The molecule has 0 rings (SSSR count). The van der Waals surface area contributed by atoms with Gasteiger partial charge in [0.15, 0.2) is 4.33 Å². The van der Waals surface area contributed by atoms with Crippen LogP contribution >= 0.6 is 81.2 Å². The molecule has 0 aromatic heterocycles. The van der Waals surface area contributed by atoms with Crippen LogP contribution in [0.4, 0.5) is 0 Å². The second kappa shape index (κ2) is 4.32. The van der Waals surface area contributed by atoms with Gasteiger partial charge in [-0.3, -0.25) is 0 Å². The van der Waals surface area contributed by atoms with Crippen LogP contribution in [0.25, 0.3) is 0 Å². The van der Waals surface area contributed by atoms with Crippen molar-refractivity contribution in [3.05, 3.63) is 10.6 Å². The van der Waals surface area contributed by atoms with Crippen LogP contribution in [-0.4, -0.2) is 8.13 Å². The highest BCUT2D eigenvalue weighted by atomic mass is 35.6. The molecule has 0 N–H and O–H groups in total. The van der Waals surface area contributed by atoms with Crippen LogP contribution < -0.4 is 0 Å². The maximum atomic E-state index is 5.53. The molecule has 0 atom stereocenters. The molecule has 0 nitrogen and oxygen atoms in total. The van der Waals surface area contributed by atoms with E-state index in [0.29, 0.717) is 0 Å². The summed E-state index contributed by atoms with van der Waals surface area (Å²) in [5.74, 6) is 0. The van der Waals surface area contributed by atoms with Gasteiger partial charge >= 0.3 is 0 Å². The van der Waals surface area contributed by atoms with Gasteiger partial charge in [-0.1, -0.05) is 81.2 Å². The Morgan fingerprint density at radius 1 is 0.909 bits per heavy atom. The van der Waals surface area contributed by atoms with E-state index in [9.17, 15) is 0 Å². The van der Waals surface area contributed by atoms with Crippen LogP contribution in [0.2, 0.25) is 0 Å². The first-order chi connectivity index (χ1) is 4.67. The third kappa shape index (κ3) is 4.52. The van der Waals surface area contributed by atoms with Crippen molar-refractivity contribution >= 4 is 81.2 Å². The maximum absolute atomic E-state index is 5.53. The van der Waals surface area contributed by atoms with Crippen LogP contribution in [0, 0.1) is 0 Å². The van der Waals surface area contributed by atoms with Gasteiger partial charge in [0.05, 0.1) is 0 Å². The van der Waals surface area contributed by atoms with Crippen LogP contribution in [-0.2, 0) is 0 Å². The van der Waals surface area contributed by atoms with Crippen molar-refractivity contribution in [1.82, 2.24) is 0 Å². The Balaban J connectivity index is 4.61. The monoisotopic (exact) mass is 294 g/mol. The van der Waals surface area contributed by atoms with E-state index < -0.39 is 8.13 Å². The van der Waals surface area contributed by atoms with Crippen LogP contribution in [0.3, 0.4) is 0 Å².